The number of likely N-dealkylation sites (tertiary alicyclic amines) is 1. The number of carboxylic acids is 1. The van der Waals surface area contributed by atoms with E-state index in [1.807, 2.05) is 0 Å². The molecule has 0 atom stereocenters. The molecule has 74 valence electrons. The largest absolute Gasteiger partial charge is 0.478 e. The minimum atomic E-state index is -0.963. The zero-order valence-corrected chi connectivity index (χ0v) is 7.70. The van der Waals surface area contributed by atoms with Crippen molar-refractivity contribution in [3.63, 3.8) is 0 Å². The quantitative estimate of drug-likeness (QED) is 0.623. The van der Waals surface area contributed by atoms with Crippen LogP contribution in [0, 0.1) is 0 Å². The van der Waals surface area contributed by atoms with Crippen molar-refractivity contribution >= 4 is 5.97 Å². The SMILES string of the molecule is N/C(=C\C(=O)O)CN1CCCCC1. The molecule has 1 aliphatic rings. The Morgan fingerprint density at radius 2 is 2.00 bits per heavy atom. The second-order valence-corrected chi connectivity index (χ2v) is 3.39. The summed E-state index contributed by atoms with van der Waals surface area (Å²) in [6.07, 6.45) is 4.74. The monoisotopic (exact) mass is 184 g/mol. The Labute approximate surface area is 78.0 Å². The molecular weight excluding hydrogens is 168 g/mol. The molecule has 1 heterocycles. The second-order valence-electron chi connectivity index (χ2n) is 3.39. The highest BCUT2D eigenvalue weighted by Crippen LogP contribution is 2.08. The molecule has 1 saturated heterocycles. The maximum atomic E-state index is 10.3. The predicted molar refractivity (Wildman–Crippen MR) is 50.2 cm³/mol. The van der Waals surface area contributed by atoms with Gasteiger partial charge in [0.2, 0.25) is 0 Å². The van der Waals surface area contributed by atoms with Crippen molar-refractivity contribution in [1.82, 2.24) is 4.90 Å². The van der Waals surface area contributed by atoms with Gasteiger partial charge >= 0.3 is 5.97 Å². The molecule has 0 saturated carbocycles. The van der Waals surface area contributed by atoms with Gasteiger partial charge in [0, 0.05) is 18.3 Å². The third kappa shape index (κ3) is 3.94. The number of carbonyl (C=O) groups is 1. The number of carboxylic acid groups (broad SMARTS) is 1. The maximum Gasteiger partial charge on any atom is 0.330 e. The lowest BCUT2D eigenvalue weighted by Gasteiger charge is -2.26. The Bertz CT molecular complexity index is 208. The van der Waals surface area contributed by atoms with Gasteiger partial charge in [0.1, 0.15) is 0 Å². The lowest BCUT2D eigenvalue weighted by molar-refractivity contribution is -0.131. The fourth-order valence-corrected chi connectivity index (χ4v) is 1.58. The number of rotatable bonds is 3. The zero-order chi connectivity index (χ0) is 9.68. The van der Waals surface area contributed by atoms with Crippen molar-refractivity contribution in [3.05, 3.63) is 11.8 Å². The molecule has 1 rings (SSSR count). The molecule has 0 spiro atoms. The number of hydrogen-bond acceptors (Lipinski definition) is 3. The summed E-state index contributed by atoms with van der Waals surface area (Å²) in [5.74, 6) is -0.963. The van der Waals surface area contributed by atoms with E-state index in [-0.39, 0.29) is 0 Å². The molecule has 0 radical (unpaired) electrons. The second kappa shape index (κ2) is 4.87. The molecule has 4 nitrogen and oxygen atoms in total. The summed E-state index contributed by atoms with van der Waals surface area (Å²) >= 11 is 0. The summed E-state index contributed by atoms with van der Waals surface area (Å²) in [7, 11) is 0. The first-order chi connectivity index (χ1) is 6.18. The third-order valence-electron chi connectivity index (χ3n) is 2.16. The minimum Gasteiger partial charge on any atom is -0.478 e. The lowest BCUT2D eigenvalue weighted by atomic mass is 10.1. The van der Waals surface area contributed by atoms with Gasteiger partial charge in [-0.25, -0.2) is 4.79 Å². The van der Waals surface area contributed by atoms with Gasteiger partial charge in [0.25, 0.3) is 0 Å². The van der Waals surface area contributed by atoms with Gasteiger partial charge in [-0.15, -0.1) is 0 Å². The van der Waals surface area contributed by atoms with Crippen LogP contribution in [-0.2, 0) is 4.79 Å². The van der Waals surface area contributed by atoms with Crippen LogP contribution in [0.25, 0.3) is 0 Å². The van der Waals surface area contributed by atoms with Crippen LogP contribution in [0.1, 0.15) is 19.3 Å². The van der Waals surface area contributed by atoms with E-state index in [1.165, 1.54) is 19.3 Å². The number of aliphatic carboxylic acids is 1. The summed E-state index contributed by atoms with van der Waals surface area (Å²) in [4.78, 5) is 12.5. The van der Waals surface area contributed by atoms with Crippen LogP contribution < -0.4 is 5.73 Å². The van der Waals surface area contributed by atoms with Gasteiger partial charge < -0.3 is 10.8 Å². The highest BCUT2D eigenvalue weighted by Gasteiger charge is 2.10. The van der Waals surface area contributed by atoms with Crippen LogP contribution >= 0.6 is 0 Å². The minimum absolute atomic E-state index is 0.439. The number of nitrogens with two attached hydrogens (primary N) is 1. The first kappa shape index (κ1) is 10.1. The van der Waals surface area contributed by atoms with Crippen LogP contribution in [0.5, 0.6) is 0 Å². The summed E-state index contributed by atoms with van der Waals surface area (Å²) in [5, 5.41) is 8.44. The van der Waals surface area contributed by atoms with E-state index in [1.54, 1.807) is 0 Å². The van der Waals surface area contributed by atoms with Gasteiger partial charge in [0.15, 0.2) is 0 Å². The first-order valence-corrected chi connectivity index (χ1v) is 4.60. The van der Waals surface area contributed by atoms with E-state index in [0.717, 1.165) is 19.2 Å². The highest BCUT2D eigenvalue weighted by molar-refractivity contribution is 5.80. The molecule has 1 fully saturated rings. The van der Waals surface area contributed by atoms with Crippen LogP contribution in [0.15, 0.2) is 11.8 Å². The van der Waals surface area contributed by atoms with Gasteiger partial charge in [-0.2, -0.15) is 0 Å². The Hall–Kier alpha value is -1.03. The van der Waals surface area contributed by atoms with Crippen LogP contribution in [0.2, 0.25) is 0 Å². The number of nitrogens with zero attached hydrogens (tertiary/aromatic N) is 1. The molecule has 13 heavy (non-hydrogen) atoms. The van der Waals surface area contributed by atoms with Crippen molar-refractivity contribution < 1.29 is 9.90 Å². The maximum absolute atomic E-state index is 10.3. The molecule has 0 aromatic heterocycles. The molecule has 0 unspecified atom stereocenters. The summed E-state index contributed by atoms with van der Waals surface area (Å²) in [6, 6.07) is 0. The molecule has 3 N–H and O–H groups in total. The Kier molecular flexibility index (Phi) is 3.76. The van der Waals surface area contributed by atoms with Gasteiger partial charge in [-0.05, 0) is 25.9 Å². The smallest absolute Gasteiger partial charge is 0.330 e. The van der Waals surface area contributed by atoms with Crippen molar-refractivity contribution in [2.75, 3.05) is 19.6 Å². The summed E-state index contributed by atoms with van der Waals surface area (Å²) in [5.41, 5.74) is 5.98. The summed E-state index contributed by atoms with van der Waals surface area (Å²) in [6.45, 7) is 2.66. The molecule has 0 amide bonds. The van der Waals surface area contributed by atoms with Gasteiger partial charge in [-0.1, -0.05) is 6.42 Å². The third-order valence-corrected chi connectivity index (χ3v) is 2.16. The van der Waals surface area contributed by atoms with Gasteiger partial charge in [-0.3, -0.25) is 4.90 Å². The molecule has 0 aliphatic carbocycles. The molecule has 0 bridgehead atoms. The Morgan fingerprint density at radius 1 is 1.38 bits per heavy atom. The fraction of sp³-hybridized carbons (Fsp3) is 0.667. The summed E-state index contributed by atoms with van der Waals surface area (Å²) < 4.78 is 0. The fourth-order valence-electron chi connectivity index (χ4n) is 1.58. The molecule has 1 aliphatic heterocycles. The zero-order valence-electron chi connectivity index (χ0n) is 7.70. The highest BCUT2D eigenvalue weighted by atomic mass is 16.4. The predicted octanol–water partition coefficient (Wildman–Crippen LogP) is 0.399. The molecule has 4 heteroatoms. The van der Waals surface area contributed by atoms with Crippen LogP contribution in [0.3, 0.4) is 0 Å². The molecule has 0 aromatic rings. The van der Waals surface area contributed by atoms with Crippen molar-refractivity contribution in [3.8, 4) is 0 Å². The van der Waals surface area contributed by atoms with E-state index in [0.29, 0.717) is 12.2 Å². The van der Waals surface area contributed by atoms with Crippen molar-refractivity contribution in [2.45, 2.75) is 19.3 Å². The van der Waals surface area contributed by atoms with E-state index in [2.05, 4.69) is 4.90 Å². The average molecular weight is 184 g/mol. The van der Waals surface area contributed by atoms with Crippen LogP contribution in [-0.4, -0.2) is 35.6 Å². The molecule has 0 aromatic carbocycles. The average Bonchev–Trinajstić information content (AvgIpc) is 2.04. The number of piperidine rings is 1. The normalized spacial score (nSPS) is 20.2. The standard InChI is InChI=1S/C9H16N2O2/c10-8(6-9(12)13)7-11-4-2-1-3-5-11/h6H,1-5,7,10H2,(H,12,13)/b8-6-. The van der Waals surface area contributed by atoms with E-state index in [4.69, 9.17) is 10.8 Å². The molecular formula is C9H16N2O2. The van der Waals surface area contributed by atoms with E-state index >= 15 is 0 Å². The Balaban J connectivity index is 2.33. The van der Waals surface area contributed by atoms with Gasteiger partial charge in [0.05, 0.1) is 0 Å². The van der Waals surface area contributed by atoms with Crippen LogP contribution in [0.4, 0.5) is 0 Å². The first-order valence-electron chi connectivity index (χ1n) is 4.60. The lowest BCUT2D eigenvalue weighted by Crippen LogP contribution is -2.33. The van der Waals surface area contributed by atoms with E-state index in [9.17, 15) is 4.79 Å². The van der Waals surface area contributed by atoms with Crippen molar-refractivity contribution in [2.24, 2.45) is 5.73 Å². The number of hydrogen-bond donors (Lipinski definition) is 2. The Morgan fingerprint density at radius 3 is 2.54 bits per heavy atom. The van der Waals surface area contributed by atoms with E-state index < -0.39 is 5.97 Å². The van der Waals surface area contributed by atoms with Crippen molar-refractivity contribution in [1.29, 1.82) is 0 Å². The topological polar surface area (TPSA) is 66.6 Å².